The number of carboxylic acid groups (broad SMARTS) is 2. The molecule has 0 fully saturated rings. The number of hydrogen-bond donors (Lipinski definition) is 2. The van der Waals surface area contributed by atoms with Gasteiger partial charge in [0.05, 0.1) is 16.8 Å². The maximum atomic E-state index is 10.4. The van der Waals surface area contributed by atoms with Gasteiger partial charge in [0.2, 0.25) is 0 Å². The Balaban J connectivity index is 3.20. The summed E-state index contributed by atoms with van der Waals surface area (Å²) in [6, 6.07) is 3.27. The molecule has 0 bridgehead atoms. The fraction of sp³-hybridized carbons (Fsp3) is 0. The van der Waals surface area contributed by atoms with Crippen molar-refractivity contribution < 1.29 is 19.8 Å². The molecule has 5 heteroatoms. The van der Waals surface area contributed by atoms with E-state index in [-0.39, 0.29) is 16.8 Å². The van der Waals surface area contributed by atoms with Crippen LogP contribution >= 0.6 is 0 Å². The van der Waals surface area contributed by atoms with Crippen LogP contribution in [0.1, 0.15) is 20.7 Å². The summed E-state index contributed by atoms with van der Waals surface area (Å²) in [5.74, 6) is -2.41. The highest BCUT2D eigenvalue weighted by Gasteiger charge is 2.10. The molecule has 0 saturated carbocycles. The lowest BCUT2D eigenvalue weighted by Crippen LogP contribution is -2.01. The van der Waals surface area contributed by atoms with Gasteiger partial charge in [-0.05, 0) is 18.2 Å². The zero-order valence-corrected chi connectivity index (χ0v) is 6.44. The van der Waals surface area contributed by atoms with Gasteiger partial charge in [0.15, 0.2) is 0 Å². The van der Waals surface area contributed by atoms with Crippen molar-refractivity contribution in [3.8, 4) is 0 Å². The van der Waals surface area contributed by atoms with Crippen molar-refractivity contribution >= 4 is 17.6 Å². The van der Waals surface area contributed by atoms with E-state index in [2.05, 4.69) is 0 Å². The molecule has 0 spiro atoms. The second kappa shape index (κ2) is 3.14. The quantitative estimate of drug-likeness (QED) is 0.709. The maximum absolute atomic E-state index is 10.4. The van der Waals surface area contributed by atoms with Crippen molar-refractivity contribution in [2.24, 2.45) is 0 Å². The average molecular weight is 180 g/mol. The Morgan fingerprint density at radius 2 is 1.77 bits per heavy atom. The minimum absolute atomic E-state index is 0.0880. The summed E-state index contributed by atoms with van der Waals surface area (Å²) in [7, 11) is 0. The molecule has 0 heterocycles. The van der Waals surface area contributed by atoms with E-state index in [1.165, 1.54) is 0 Å². The molecule has 0 saturated heterocycles. The molecule has 0 atom stereocenters. The normalized spacial score (nSPS) is 9.54. The first-order valence-corrected chi connectivity index (χ1v) is 3.34. The fourth-order valence-electron chi connectivity index (χ4n) is 0.864. The van der Waals surface area contributed by atoms with Crippen molar-refractivity contribution in [2.45, 2.75) is 0 Å². The van der Waals surface area contributed by atoms with Gasteiger partial charge in [-0.1, -0.05) is 0 Å². The topological polar surface area (TPSA) is 98.4 Å². The summed E-state index contributed by atoms with van der Waals surface area (Å²) in [5, 5.41) is 17.0. The molecule has 0 aromatic heterocycles. The highest BCUT2D eigenvalue weighted by atomic mass is 16.4. The number of nitrogens with one attached hydrogen (secondary N) is 1. The van der Waals surface area contributed by atoms with Crippen molar-refractivity contribution in [2.75, 3.05) is 0 Å². The van der Waals surface area contributed by atoms with Crippen molar-refractivity contribution in [3.05, 3.63) is 29.3 Å². The van der Waals surface area contributed by atoms with E-state index in [1.54, 1.807) is 0 Å². The Kier molecular flexibility index (Phi) is 2.19. The van der Waals surface area contributed by atoms with Gasteiger partial charge >= 0.3 is 11.9 Å². The van der Waals surface area contributed by atoms with Crippen LogP contribution < -0.4 is 5.73 Å². The first-order chi connectivity index (χ1) is 6.02. The molecule has 1 radical (unpaired) electrons. The van der Waals surface area contributed by atoms with Crippen LogP contribution in [-0.2, 0) is 0 Å². The molecule has 1 rings (SSSR count). The molecule has 1 aromatic carbocycles. The van der Waals surface area contributed by atoms with Gasteiger partial charge in [-0.3, -0.25) is 5.73 Å². The van der Waals surface area contributed by atoms with E-state index in [0.717, 1.165) is 18.2 Å². The minimum atomic E-state index is -1.23. The Labute approximate surface area is 73.4 Å². The highest BCUT2D eigenvalue weighted by molar-refractivity contribution is 5.96. The zero-order valence-electron chi connectivity index (χ0n) is 6.44. The van der Waals surface area contributed by atoms with E-state index in [4.69, 9.17) is 15.9 Å². The number of aromatic carboxylic acids is 2. The van der Waals surface area contributed by atoms with Crippen molar-refractivity contribution in [1.82, 2.24) is 5.73 Å². The van der Waals surface area contributed by atoms with Crippen LogP contribution in [0.4, 0.5) is 5.69 Å². The summed E-state index contributed by atoms with van der Waals surface area (Å²) in [6.45, 7) is 0. The lowest BCUT2D eigenvalue weighted by molar-refractivity contribution is 0.0682. The van der Waals surface area contributed by atoms with Crippen LogP contribution in [0, 0.1) is 0 Å². The third-order valence-corrected chi connectivity index (χ3v) is 1.50. The molecule has 13 heavy (non-hydrogen) atoms. The Morgan fingerprint density at radius 3 is 2.15 bits per heavy atom. The highest BCUT2D eigenvalue weighted by Crippen LogP contribution is 2.15. The van der Waals surface area contributed by atoms with Crippen LogP contribution in [0.3, 0.4) is 0 Å². The van der Waals surface area contributed by atoms with Crippen LogP contribution in [0.25, 0.3) is 0 Å². The smallest absolute Gasteiger partial charge is 0.337 e. The lowest BCUT2D eigenvalue weighted by atomic mass is 10.1. The van der Waals surface area contributed by atoms with E-state index < -0.39 is 11.9 Å². The number of hydrogen-bond acceptors (Lipinski definition) is 2. The van der Waals surface area contributed by atoms with Crippen molar-refractivity contribution in [1.29, 1.82) is 0 Å². The zero-order chi connectivity index (χ0) is 10.0. The van der Waals surface area contributed by atoms with Crippen LogP contribution in [-0.4, -0.2) is 22.2 Å². The summed E-state index contributed by atoms with van der Waals surface area (Å²) >= 11 is 0. The summed E-state index contributed by atoms with van der Waals surface area (Å²) in [4.78, 5) is 20.8. The third-order valence-electron chi connectivity index (χ3n) is 1.50. The third kappa shape index (κ3) is 1.76. The molecule has 67 valence electrons. The number of benzene rings is 1. The van der Waals surface area contributed by atoms with E-state index in [0.29, 0.717) is 0 Å². The Hall–Kier alpha value is -2.04. The molecule has 5 nitrogen and oxygen atoms in total. The SMILES string of the molecule is [NH]c1cc(C(=O)O)ccc1C(=O)O. The van der Waals surface area contributed by atoms with Gasteiger partial charge in [0.25, 0.3) is 0 Å². The molecule has 1 aromatic rings. The van der Waals surface area contributed by atoms with E-state index in [9.17, 15) is 9.59 Å². The lowest BCUT2D eigenvalue weighted by Gasteiger charge is -1.99. The second-order valence-electron chi connectivity index (χ2n) is 2.37. The van der Waals surface area contributed by atoms with Crippen LogP contribution in [0.5, 0.6) is 0 Å². The first-order valence-electron chi connectivity index (χ1n) is 3.34. The maximum Gasteiger partial charge on any atom is 0.337 e. The summed E-state index contributed by atoms with van der Waals surface area (Å²) in [6.07, 6.45) is 0. The number of carboxylic acids is 2. The minimum Gasteiger partial charge on any atom is -0.478 e. The predicted octanol–water partition coefficient (Wildman–Crippen LogP) is 0.997. The molecule has 3 N–H and O–H groups in total. The number of carbonyl (C=O) groups is 2. The molecule has 0 aliphatic rings. The van der Waals surface area contributed by atoms with Gasteiger partial charge in [0, 0.05) is 0 Å². The van der Waals surface area contributed by atoms with Gasteiger partial charge in [-0.15, -0.1) is 0 Å². The number of rotatable bonds is 2. The Morgan fingerprint density at radius 1 is 1.15 bits per heavy atom. The molecule has 0 amide bonds. The largest absolute Gasteiger partial charge is 0.478 e. The predicted molar refractivity (Wildman–Crippen MR) is 43.1 cm³/mol. The van der Waals surface area contributed by atoms with Gasteiger partial charge in [0.1, 0.15) is 0 Å². The fourth-order valence-corrected chi connectivity index (χ4v) is 0.864. The second-order valence-corrected chi connectivity index (χ2v) is 2.37. The molecular weight excluding hydrogens is 174 g/mol. The summed E-state index contributed by atoms with van der Waals surface area (Å²) < 4.78 is 0. The summed E-state index contributed by atoms with van der Waals surface area (Å²) in [5.41, 5.74) is 6.60. The molecule has 0 aliphatic heterocycles. The van der Waals surface area contributed by atoms with Crippen LogP contribution in [0.15, 0.2) is 18.2 Å². The van der Waals surface area contributed by atoms with Crippen LogP contribution in [0.2, 0.25) is 0 Å². The standard InChI is InChI=1S/C8H6NO4/c9-6-3-4(7(10)11)1-2-5(6)8(12)13/h1-3,9H,(H,10,11)(H,12,13). The molecular formula is C8H6NO4. The first kappa shape index (κ1) is 9.05. The molecule has 0 aliphatic carbocycles. The van der Waals surface area contributed by atoms with Gasteiger partial charge < -0.3 is 10.2 Å². The average Bonchev–Trinajstić information content (AvgIpc) is 2.03. The van der Waals surface area contributed by atoms with Crippen molar-refractivity contribution in [3.63, 3.8) is 0 Å². The Bertz CT molecular complexity index is 372. The van der Waals surface area contributed by atoms with Gasteiger partial charge in [-0.25, -0.2) is 9.59 Å². The monoisotopic (exact) mass is 180 g/mol. The van der Waals surface area contributed by atoms with E-state index in [1.807, 2.05) is 0 Å². The van der Waals surface area contributed by atoms with E-state index >= 15 is 0 Å². The molecule has 0 unspecified atom stereocenters. The van der Waals surface area contributed by atoms with Gasteiger partial charge in [-0.2, -0.15) is 0 Å².